The van der Waals surface area contributed by atoms with Gasteiger partial charge in [-0.3, -0.25) is 9.59 Å². The zero-order valence-corrected chi connectivity index (χ0v) is 15.3. The van der Waals surface area contributed by atoms with Gasteiger partial charge in [-0.25, -0.2) is 0 Å². The number of carbonyl (C=O) groups excluding carboxylic acids is 1. The summed E-state index contributed by atoms with van der Waals surface area (Å²) in [5.41, 5.74) is 1.32. The highest BCUT2D eigenvalue weighted by Crippen LogP contribution is 2.23. The summed E-state index contributed by atoms with van der Waals surface area (Å²) < 4.78 is 15.9. The van der Waals surface area contributed by atoms with Gasteiger partial charge in [-0.05, 0) is 54.5 Å². The molecule has 0 aliphatic carbocycles. The largest absolute Gasteiger partial charge is 0.497 e. The van der Waals surface area contributed by atoms with Crippen molar-refractivity contribution in [2.24, 2.45) is 0 Å². The highest BCUT2D eigenvalue weighted by atomic mass is 16.5. The van der Waals surface area contributed by atoms with Crippen molar-refractivity contribution in [2.75, 3.05) is 20.8 Å². The molecule has 2 rings (SSSR count). The number of benzene rings is 2. The van der Waals surface area contributed by atoms with Crippen molar-refractivity contribution in [1.29, 1.82) is 0 Å². The summed E-state index contributed by atoms with van der Waals surface area (Å²) >= 11 is 0. The van der Waals surface area contributed by atoms with Crippen LogP contribution in [0.5, 0.6) is 17.2 Å². The molecule has 0 heterocycles. The molecule has 0 radical (unpaired) electrons. The topological polar surface area (TPSA) is 82.1 Å². The highest BCUT2D eigenvalue weighted by Gasteiger charge is 2.04. The molecule has 0 aliphatic heterocycles. The minimum absolute atomic E-state index is 0.0659. The molecule has 0 saturated carbocycles. The number of aliphatic carboxylic acids is 1. The molecular formula is C21H22O6. The second-order valence-electron chi connectivity index (χ2n) is 5.71. The number of rotatable bonds is 10. The molecule has 1 N–H and O–H groups in total. The van der Waals surface area contributed by atoms with Gasteiger partial charge < -0.3 is 19.3 Å². The van der Waals surface area contributed by atoms with Gasteiger partial charge in [-0.2, -0.15) is 0 Å². The molecule has 0 aromatic heterocycles. The van der Waals surface area contributed by atoms with E-state index in [9.17, 15) is 9.59 Å². The summed E-state index contributed by atoms with van der Waals surface area (Å²) in [4.78, 5) is 22.8. The van der Waals surface area contributed by atoms with E-state index in [0.29, 0.717) is 35.8 Å². The first-order valence-electron chi connectivity index (χ1n) is 8.42. The number of ketones is 1. The third-order valence-electron chi connectivity index (χ3n) is 3.74. The molecule has 2 aromatic rings. The van der Waals surface area contributed by atoms with Gasteiger partial charge in [0, 0.05) is 18.1 Å². The van der Waals surface area contributed by atoms with Crippen molar-refractivity contribution in [1.82, 2.24) is 0 Å². The number of hydrogen-bond acceptors (Lipinski definition) is 5. The molecule has 0 spiro atoms. The second-order valence-corrected chi connectivity index (χ2v) is 5.71. The number of carboxylic acid groups (broad SMARTS) is 1. The van der Waals surface area contributed by atoms with Gasteiger partial charge in [0.05, 0.1) is 20.8 Å². The lowest BCUT2D eigenvalue weighted by atomic mass is 10.1. The lowest BCUT2D eigenvalue weighted by molar-refractivity contribution is -0.137. The maximum Gasteiger partial charge on any atom is 0.303 e. The van der Waals surface area contributed by atoms with Gasteiger partial charge in [-0.1, -0.05) is 6.08 Å². The molecule has 0 saturated heterocycles. The third kappa shape index (κ3) is 6.51. The van der Waals surface area contributed by atoms with E-state index in [1.54, 1.807) is 62.8 Å². The van der Waals surface area contributed by atoms with Crippen molar-refractivity contribution >= 4 is 17.8 Å². The fourth-order valence-corrected chi connectivity index (χ4v) is 2.32. The number of methoxy groups -OCH3 is 2. The number of carboxylic acids is 1. The smallest absolute Gasteiger partial charge is 0.303 e. The first-order valence-corrected chi connectivity index (χ1v) is 8.42. The summed E-state index contributed by atoms with van der Waals surface area (Å²) in [5.74, 6) is 0.893. The van der Waals surface area contributed by atoms with Crippen LogP contribution in [0.15, 0.2) is 48.5 Å². The Labute approximate surface area is 158 Å². The predicted octanol–water partition coefficient (Wildman–Crippen LogP) is 3.84. The maximum absolute atomic E-state index is 12.3. The second kappa shape index (κ2) is 10.0. The Morgan fingerprint density at radius 2 is 1.59 bits per heavy atom. The minimum atomic E-state index is -0.847. The lowest BCUT2D eigenvalue weighted by Gasteiger charge is -2.06. The van der Waals surface area contributed by atoms with Crippen LogP contribution in [0, 0.1) is 0 Å². The van der Waals surface area contributed by atoms with E-state index >= 15 is 0 Å². The van der Waals surface area contributed by atoms with Gasteiger partial charge in [0.25, 0.3) is 0 Å². The molecule has 0 bridgehead atoms. The van der Waals surface area contributed by atoms with Crippen molar-refractivity contribution in [3.05, 3.63) is 59.7 Å². The Morgan fingerprint density at radius 1 is 0.963 bits per heavy atom. The Balaban J connectivity index is 1.97. The van der Waals surface area contributed by atoms with Crippen molar-refractivity contribution in [3.63, 3.8) is 0 Å². The molecule has 0 amide bonds. The van der Waals surface area contributed by atoms with Crippen LogP contribution in [0.2, 0.25) is 0 Å². The van der Waals surface area contributed by atoms with Crippen LogP contribution in [0.1, 0.15) is 28.8 Å². The average molecular weight is 370 g/mol. The Hall–Kier alpha value is -3.28. The molecule has 0 fully saturated rings. The summed E-state index contributed by atoms with van der Waals surface area (Å²) in [6, 6.07) is 12.1. The van der Waals surface area contributed by atoms with E-state index in [1.165, 1.54) is 6.08 Å². The maximum atomic E-state index is 12.3. The van der Waals surface area contributed by atoms with Crippen molar-refractivity contribution in [2.45, 2.75) is 12.8 Å². The summed E-state index contributed by atoms with van der Waals surface area (Å²) in [7, 11) is 3.14. The monoisotopic (exact) mass is 370 g/mol. The quantitative estimate of drug-likeness (QED) is 0.389. The van der Waals surface area contributed by atoms with Gasteiger partial charge in [0.15, 0.2) is 5.78 Å². The number of hydrogen-bond donors (Lipinski definition) is 1. The molecule has 0 unspecified atom stereocenters. The molecule has 0 aliphatic rings. The Kier molecular flexibility index (Phi) is 7.43. The molecule has 27 heavy (non-hydrogen) atoms. The van der Waals surface area contributed by atoms with Crippen molar-refractivity contribution in [3.8, 4) is 17.2 Å². The molecule has 0 atom stereocenters. The third-order valence-corrected chi connectivity index (χ3v) is 3.74. The van der Waals surface area contributed by atoms with E-state index in [2.05, 4.69) is 0 Å². The summed E-state index contributed by atoms with van der Waals surface area (Å²) in [6.07, 6.45) is 3.68. The number of carbonyl (C=O) groups is 2. The van der Waals surface area contributed by atoms with Crippen LogP contribution in [0.4, 0.5) is 0 Å². The molecular weight excluding hydrogens is 348 g/mol. The van der Waals surface area contributed by atoms with E-state index in [0.717, 1.165) is 5.56 Å². The van der Waals surface area contributed by atoms with E-state index in [-0.39, 0.29) is 12.2 Å². The fraction of sp³-hybridized carbons (Fsp3) is 0.238. The number of ether oxygens (including phenoxy) is 3. The van der Waals surface area contributed by atoms with Crippen LogP contribution >= 0.6 is 0 Å². The van der Waals surface area contributed by atoms with E-state index in [4.69, 9.17) is 19.3 Å². The predicted molar refractivity (Wildman–Crippen MR) is 102 cm³/mol. The van der Waals surface area contributed by atoms with Gasteiger partial charge in [0.1, 0.15) is 17.2 Å². The summed E-state index contributed by atoms with van der Waals surface area (Å²) in [5, 5.41) is 8.59. The van der Waals surface area contributed by atoms with Crippen molar-refractivity contribution < 1.29 is 28.9 Å². The summed E-state index contributed by atoms with van der Waals surface area (Å²) in [6.45, 7) is 0.317. The Bertz CT molecular complexity index is 786. The number of allylic oxidation sites excluding steroid dienone is 1. The van der Waals surface area contributed by atoms with Crippen LogP contribution in [0.25, 0.3) is 6.08 Å². The average Bonchev–Trinajstić information content (AvgIpc) is 2.69. The van der Waals surface area contributed by atoms with Gasteiger partial charge in [0.2, 0.25) is 0 Å². The minimum Gasteiger partial charge on any atom is -0.497 e. The molecule has 142 valence electrons. The molecule has 6 heteroatoms. The van der Waals surface area contributed by atoms with Crippen LogP contribution in [-0.2, 0) is 4.79 Å². The molecule has 2 aromatic carbocycles. The lowest BCUT2D eigenvalue weighted by Crippen LogP contribution is -2.02. The van der Waals surface area contributed by atoms with E-state index in [1.807, 2.05) is 0 Å². The first-order chi connectivity index (χ1) is 13.0. The normalized spacial score (nSPS) is 10.6. The zero-order valence-electron chi connectivity index (χ0n) is 15.3. The van der Waals surface area contributed by atoms with E-state index < -0.39 is 5.97 Å². The van der Waals surface area contributed by atoms with Crippen LogP contribution in [0.3, 0.4) is 0 Å². The fourth-order valence-electron chi connectivity index (χ4n) is 2.32. The van der Waals surface area contributed by atoms with Crippen LogP contribution < -0.4 is 14.2 Å². The van der Waals surface area contributed by atoms with Gasteiger partial charge in [-0.15, -0.1) is 0 Å². The first kappa shape index (κ1) is 20.0. The van der Waals surface area contributed by atoms with Crippen LogP contribution in [-0.4, -0.2) is 37.7 Å². The van der Waals surface area contributed by atoms with Gasteiger partial charge >= 0.3 is 5.97 Å². The zero-order chi connectivity index (χ0) is 19.6. The Morgan fingerprint density at radius 3 is 2.15 bits per heavy atom. The molecule has 6 nitrogen and oxygen atoms in total. The SMILES string of the molecule is COc1cc(/C=C/C(=O)c2ccc(OCCCC(=O)O)cc2)cc(OC)c1. The highest BCUT2D eigenvalue weighted by molar-refractivity contribution is 6.06. The standard InChI is InChI=1S/C21H22O6/c1-25-18-12-15(13-19(14-18)26-2)5-10-20(22)16-6-8-17(9-7-16)27-11-3-4-21(23)24/h5-10,12-14H,3-4,11H2,1-2H3,(H,23,24)/b10-5+.